The third kappa shape index (κ3) is 4.96. The molecule has 148 valence electrons. The van der Waals surface area contributed by atoms with Crippen LogP contribution in [0.4, 0.5) is 4.79 Å². The number of amides is 3. The van der Waals surface area contributed by atoms with Crippen LogP contribution < -0.4 is 10.6 Å². The van der Waals surface area contributed by atoms with Crippen molar-refractivity contribution >= 4 is 39.5 Å². The average molecular weight is 418 g/mol. The molecule has 1 aromatic carbocycles. The summed E-state index contributed by atoms with van der Waals surface area (Å²) >= 11 is 6.00. The van der Waals surface area contributed by atoms with E-state index in [9.17, 15) is 22.8 Å². The zero-order chi connectivity index (χ0) is 20.2. The van der Waals surface area contributed by atoms with E-state index in [-0.39, 0.29) is 15.5 Å². The van der Waals surface area contributed by atoms with Gasteiger partial charge in [-0.3, -0.25) is 10.1 Å². The molecule has 1 aliphatic rings. The molecule has 1 aliphatic heterocycles. The summed E-state index contributed by atoms with van der Waals surface area (Å²) in [4.78, 5) is 35.2. The van der Waals surface area contributed by atoms with E-state index in [0.29, 0.717) is 13.1 Å². The molecule has 1 saturated heterocycles. The fraction of sp³-hybridized carbons (Fsp3) is 0.438. The number of rotatable bonds is 5. The number of carbonyl (C=O) groups excluding carboxylic acids is 3. The van der Waals surface area contributed by atoms with E-state index in [0.717, 1.165) is 18.9 Å². The number of hydrogen-bond acceptors (Lipinski definition) is 6. The van der Waals surface area contributed by atoms with Gasteiger partial charge in [0.25, 0.3) is 5.91 Å². The summed E-state index contributed by atoms with van der Waals surface area (Å²) in [6.07, 6.45) is 0.268. The summed E-state index contributed by atoms with van der Waals surface area (Å²) in [5.74, 6) is -1.81. The van der Waals surface area contributed by atoms with Crippen LogP contribution in [-0.4, -0.2) is 56.9 Å². The normalized spacial score (nSPS) is 15.8. The van der Waals surface area contributed by atoms with Gasteiger partial charge in [0.1, 0.15) is 0 Å². The van der Waals surface area contributed by atoms with E-state index in [1.807, 2.05) is 5.32 Å². The predicted molar refractivity (Wildman–Crippen MR) is 96.9 cm³/mol. The molecule has 1 heterocycles. The Morgan fingerprint density at radius 3 is 2.44 bits per heavy atom. The van der Waals surface area contributed by atoms with Gasteiger partial charge in [-0.15, -0.1) is 0 Å². The Balaban J connectivity index is 2.19. The Hall–Kier alpha value is -2.17. The zero-order valence-corrected chi connectivity index (χ0v) is 16.4. The summed E-state index contributed by atoms with van der Waals surface area (Å²) < 4.78 is 31.6. The maximum absolute atomic E-state index is 12.6. The summed E-state index contributed by atoms with van der Waals surface area (Å²) in [6, 6.07) is 2.98. The molecule has 0 saturated carbocycles. The molecule has 11 heteroatoms. The van der Waals surface area contributed by atoms with Crippen molar-refractivity contribution in [3.8, 4) is 0 Å². The first-order valence-electron chi connectivity index (χ1n) is 8.20. The molecule has 0 radical (unpaired) electrons. The highest BCUT2D eigenvalue weighted by molar-refractivity contribution is 7.89. The molecule has 1 atom stereocenters. The lowest BCUT2D eigenvalue weighted by Crippen LogP contribution is -2.43. The van der Waals surface area contributed by atoms with Gasteiger partial charge in [-0.2, -0.15) is 4.31 Å². The minimum Gasteiger partial charge on any atom is -0.449 e. The van der Waals surface area contributed by atoms with Gasteiger partial charge in [-0.05, 0) is 38.0 Å². The van der Waals surface area contributed by atoms with Gasteiger partial charge < -0.3 is 10.1 Å². The van der Waals surface area contributed by atoms with Crippen molar-refractivity contribution < 1.29 is 27.5 Å². The summed E-state index contributed by atoms with van der Waals surface area (Å²) in [6.45, 7) is 2.11. The highest BCUT2D eigenvalue weighted by Gasteiger charge is 2.29. The van der Waals surface area contributed by atoms with E-state index < -0.39 is 34.0 Å². The van der Waals surface area contributed by atoms with Crippen molar-refractivity contribution in [2.45, 2.75) is 30.8 Å². The lowest BCUT2D eigenvalue weighted by Gasteiger charge is -2.17. The third-order valence-corrected chi connectivity index (χ3v) is 6.20. The van der Waals surface area contributed by atoms with Crippen LogP contribution in [0.25, 0.3) is 0 Å². The fourth-order valence-electron chi connectivity index (χ4n) is 2.45. The molecule has 0 aliphatic carbocycles. The minimum absolute atomic E-state index is 0.0146. The van der Waals surface area contributed by atoms with Gasteiger partial charge >= 0.3 is 12.0 Å². The molecular weight excluding hydrogens is 398 g/mol. The SMILES string of the molecule is CNC(=O)NC(=O)[C@@H](C)OC(=O)c1cc(S(=O)(=O)N2CCCC2)ccc1Cl. The van der Waals surface area contributed by atoms with Crippen LogP contribution in [0, 0.1) is 0 Å². The van der Waals surface area contributed by atoms with Crippen LogP contribution >= 0.6 is 11.6 Å². The fourth-order valence-corrected chi connectivity index (χ4v) is 4.19. The van der Waals surface area contributed by atoms with Crippen molar-refractivity contribution in [2.75, 3.05) is 20.1 Å². The van der Waals surface area contributed by atoms with Gasteiger partial charge in [0.2, 0.25) is 10.0 Å². The molecule has 0 bridgehead atoms. The average Bonchev–Trinajstić information content (AvgIpc) is 3.17. The van der Waals surface area contributed by atoms with Crippen LogP contribution in [0.2, 0.25) is 5.02 Å². The van der Waals surface area contributed by atoms with Crippen molar-refractivity contribution in [3.05, 3.63) is 28.8 Å². The molecular formula is C16H20ClN3O6S. The molecule has 1 aromatic rings. The molecule has 9 nitrogen and oxygen atoms in total. The lowest BCUT2D eigenvalue weighted by molar-refractivity contribution is -0.127. The number of ether oxygens (including phenoxy) is 1. The smallest absolute Gasteiger partial charge is 0.340 e. The molecule has 2 rings (SSSR count). The number of benzene rings is 1. The highest BCUT2D eigenvalue weighted by atomic mass is 35.5. The number of imide groups is 1. The second-order valence-electron chi connectivity index (χ2n) is 5.87. The number of nitrogens with zero attached hydrogens (tertiary/aromatic N) is 1. The Bertz CT molecular complexity index is 852. The number of hydrogen-bond donors (Lipinski definition) is 2. The van der Waals surface area contributed by atoms with Crippen LogP contribution in [0.3, 0.4) is 0 Å². The Morgan fingerprint density at radius 1 is 1.22 bits per heavy atom. The van der Waals surface area contributed by atoms with Gasteiger partial charge in [0, 0.05) is 20.1 Å². The second kappa shape index (κ2) is 8.68. The lowest BCUT2D eigenvalue weighted by atomic mass is 10.2. The van der Waals surface area contributed by atoms with Gasteiger partial charge in [0.15, 0.2) is 6.10 Å². The zero-order valence-electron chi connectivity index (χ0n) is 14.8. The first-order valence-corrected chi connectivity index (χ1v) is 10.0. The van der Waals surface area contributed by atoms with Crippen molar-refractivity contribution in [1.82, 2.24) is 14.9 Å². The third-order valence-electron chi connectivity index (χ3n) is 3.98. The van der Waals surface area contributed by atoms with E-state index in [1.165, 1.54) is 30.4 Å². The Labute approximate surface area is 162 Å². The maximum Gasteiger partial charge on any atom is 0.340 e. The van der Waals surface area contributed by atoms with Crippen LogP contribution in [0.5, 0.6) is 0 Å². The molecule has 0 aromatic heterocycles. The molecule has 0 spiro atoms. The maximum atomic E-state index is 12.6. The quantitative estimate of drug-likeness (QED) is 0.692. The van der Waals surface area contributed by atoms with E-state index in [1.54, 1.807) is 0 Å². The summed E-state index contributed by atoms with van der Waals surface area (Å²) in [5, 5.41) is 4.15. The second-order valence-corrected chi connectivity index (χ2v) is 8.21. The number of halogens is 1. The molecule has 0 unspecified atom stereocenters. The largest absolute Gasteiger partial charge is 0.449 e. The van der Waals surface area contributed by atoms with E-state index >= 15 is 0 Å². The van der Waals surface area contributed by atoms with Crippen molar-refractivity contribution in [3.63, 3.8) is 0 Å². The van der Waals surface area contributed by atoms with Crippen molar-refractivity contribution in [2.24, 2.45) is 0 Å². The Kier molecular flexibility index (Phi) is 6.79. The van der Waals surface area contributed by atoms with Crippen molar-refractivity contribution in [1.29, 1.82) is 0 Å². The monoisotopic (exact) mass is 417 g/mol. The Morgan fingerprint density at radius 2 is 1.85 bits per heavy atom. The molecule has 3 amide bonds. The number of nitrogens with one attached hydrogen (secondary N) is 2. The van der Waals surface area contributed by atoms with Crippen LogP contribution in [0.1, 0.15) is 30.1 Å². The van der Waals surface area contributed by atoms with Gasteiger partial charge in [0.05, 0.1) is 15.5 Å². The number of esters is 1. The van der Waals surface area contributed by atoms with Crippen LogP contribution in [-0.2, 0) is 19.6 Å². The first-order chi connectivity index (χ1) is 12.7. The summed E-state index contributed by atoms with van der Waals surface area (Å²) in [7, 11) is -2.42. The number of carbonyl (C=O) groups is 3. The predicted octanol–water partition coefficient (Wildman–Crippen LogP) is 1.13. The molecule has 2 N–H and O–H groups in total. The van der Waals surface area contributed by atoms with E-state index in [4.69, 9.17) is 16.3 Å². The van der Waals surface area contributed by atoms with Gasteiger partial charge in [-0.25, -0.2) is 18.0 Å². The first kappa shape index (κ1) is 21.1. The van der Waals surface area contributed by atoms with Gasteiger partial charge in [-0.1, -0.05) is 11.6 Å². The highest BCUT2D eigenvalue weighted by Crippen LogP contribution is 2.26. The topological polar surface area (TPSA) is 122 Å². The van der Waals surface area contributed by atoms with E-state index in [2.05, 4.69) is 5.32 Å². The number of sulfonamides is 1. The number of urea groups is 1. The molecule has 27 heavy (non-hydrogen) atoms. The standard InChI is InChI=1S/C16H20ClN3O6S/c1-10(14(21)19-16(23)18-2)26-15(22)12-9-11(5-6-13(12)17)27(24,25)20-7-3-4-8-20/h5-6,9-10H,3-4,7-8H2,1-2H3,(H2,18,19,21,23)/t10-/m1/s1. The molecule has 1 fully saturated rings. The minimum atomic E-state index is -3.74. The van der Waals surface area contributed by atoms with Crippen LogP contribution in [0.15, 0.2) is 23.1 Å². The summed E-state index contributed by atoms with van der Waals surface area (Å²) in [5.41, 5.74) is -0.184.